The minimum absolute atomic E-state index is 0.0160. The van der Waals surface area contributed by atoms with E-state index in [2.05, 4.69) is 0 Å². The highest BCUT2D eigenvalue weighted by Crippen LogP contribution is 2.28. The summed E-state index contributed by atoms with van der Waals surface area (Å²) < 4.78 is 5.53. The fourth-order valence-corrected chi connectivity index (χ4v) is 2.39. The van der Waals surface area contributed by atoms with Gasteiger partial charge in [0, 0.05) is 32.3 Å². The number of hydrogen-bond donors (Lipinski definition) is 1. The Labute approximate surface area is 113 Å². The van der Waals surface area contributed by atoms with Gasteiger partial charge < -0.3 is 19.6 Å². The zero-order chi connectivity index (χ0) is 13.8. The van der Waals surface area contributed by atoms with Gasteiger partial charge in [0.25, 0.3) is 0 Å². The van der Waals surface area contributed by atoms with Gasteiger partial charge in [0.15, 0.2) is 0 Å². The molecule has 0 radical (unpaired) electrons. The number of nitrogens with zero attached hydrogens (tertiary/aromatic N) is 2. The summed E-state index contributed by atoms with van der Waals surface area (Å²) in [6.07, 6.45) is 2.89. The predicted molar refractivity (Wildman–Crippen MR) is 69.0 cm³/mol. The Balaban J connectivity index is 1.95. The van der Waals surface area contributed by atoms with Crippen molar-refractivity contribution in [1.29, 1.82) is 0 Å². The molecule has 6 heteroatoms. The number of carbonyl (C=O) groups excluding carboxylic acids is 1. The number of amides is 2. The summed E-state index contributed by atoms with van der Waals surface area (Å²) in [4.78, 5) is 26.7. The van der Waals surface area contributed by atoms with Crippen LogP contribution in [0.4, 0.5) is 4.79 Å². The van der Waals surface area contributed by atoms with Crippen molar-refractivity contribution in [1.82, 2.24) is 9.80 Å². The molecule has 2 rings (SSSR count). The van der Waals surface area contributed by atoms with Gasteiger partial charge in [-0.3, -0.25) is 4.79 Å². The second-order valence-corrected chi connectivity index (χ2v) is 5.33. The highest BCUT2D eigenvalue weighted by molar-refractivity contribution is 5.76. The molecule has 0 aromatic carbocycles. The van der Waals surface area contributed by atoms with Gasteiger partial charge in [0.2, 0.25) is 0 Å². The molecule has 19 heavy (non-hydrogen) atoms. The maximum Gasteiger partial charge on any atom is 0.320 e. The largest absolute Gasteiger partial charge is 0.481 e. The van der Waals surface area contributed by atoms with Crippen LogP contribution in [-0.2, 0) is 9.53 Å². The fourth-order valence-electron chi connectivity index (χ4n) is 2.39. The quantitative estimate of drug-likeness (QED) is 0.832. The fraction of sp³-hybridized carbons (Fsp3) is 0.846. The summed E-state index contributed by atoms with van der Waals surface area (Å²) in [5, 5.41) is 8.77. The minimum Gasteiger partial charge on any atom is -0.481 e. The SMILES string of the molecule is CC1CN(C(=O)N(CCC(=O)O)C2CC2)CCCO1. The van der Waals surface area contributed by atoms with Gasteiger partial charge in [0.1, 0.15) is 0 Å². The molecule has 0 aromatic rings. The van der Waals surface area contributed by atoms with Crippen LogP contribution in [0, 0.1) is 0 Å². The lowest BCUT2D eigenvalue weighted by Gasteiger charge is -2.30. The van der Waals surface area contributed by atoms with Gasteiger partial charge in [-0.05, 0) is 26.2 Å². The lowest BCUT2D eigenvalue weighted by Crippen LogP contribution is -2.47. The van der Waals surface area contributed by atoms with E-state index >= 15 is 0 Å². The molecule has 1 aliphatic carbocycles. The standard InChI is InChI=1S/C13H22N2O4/c1-10-9-14(6-2-8-19-10)13(18)15(11-3-4-11)7-5-12(16)17/h10-11H,2-9H2,1H3,(H,16,17). The Bertz CT molecular complexity index is 344. The number of carboxylic acid groups (broad SMARTS) is 1. The normalized spacial score (nSPS) is 23.8. The van der Waals surface area contributed by atoms with Crippen molar-refractivity contribution in [2.24, 2.45) is 0 Å². The zero-order valence-electron chi connectivity index (χ0n) is 11.4. The van der Waals surface area contributed by atoms with Crippen LogP contribution in [0.3, 0.4) is 0 Å². The summed E-state index contributed by atoms with van der Waals surface area (Å²) in [5.74, 6) is -0.856. The first kappa shape index (κ1) is 14.1. The molecule has 1 aliphatic heterocycles. The molecule has 0 aromatic heterocycles. The van der Waals surface area contributed by atoms with Crippen LogP contribution in [0.2, 0.25) is 0 Å². The van der Waals surface area contributed by atoms with Crippen molar-refractivity contribution >= 4 is 12.0 Å². The zero-order valence-corrected chi connectivity index (χ0v) is 11.4. The Kier molecular flexibility index (Phi) is 4.63. The molecule has 1 saturated heterocycles. The van der Waals surface area contributed by atoms with Crippen LogP contribution in [-0.4, -0.2) is 65.3 Å². The molecular weight excluding hydrogens is 248 g/mol. The molecule has 2 aliphatic rings. The molecule has 1 saturated carbocycles. The molecule has 0 bridgehead atoms. The van der Waals surface area contributed by atoms with Crippen LogP contribution in [0.15, 0.2) is 0 Å². The van der Waals surface area contributed by atoms with Gasteiger partial charge >= 0.3 is 12.0 Å². The Hall–Kier alpha value is -1.30. The number of carboxylic acids is 1. The van der Waals surface area contributed by atoms with Gasteiger partial charge in [-0.15, -0.1) is 0 Å². The summed E-state index contributed by atoms with van der Waals surface area (Å²) in [7, 11) is 0. The van der Waals surface area contributed by atoms with Crippen LogP contribution in [0.5, 0.6) is 0 Å². The summed E-state index contributed by atoms with van der Waals surface area (Å²) in [5.41, 5.74) is 0. The number of hydrogen-bond acceptors (Lipinski definition) is 3. The number of urea groups is 1. The molecule has 1 atom stereocenters. The van der Waals surface area contributed by atoms with E-state index < -0.39 is 5.97 Å². The number of rotatable bonds is 4. The molecule has 2 fully saturated rings. The van der Waals surface area contributed by atoms with E-state index in [1.165, 1.54) is 0 Å². The third-order valence-electron chi connectivity index (χ3n) is 3.52. The predicted octanol–water partition coefficient (Wildman–Crippen LogP) is 1.16. The van der Waals surface area contributed by atoms with Gasteiger partial charge in [-0.1, -0.05) is 0 Å². The Morgan fingerprint density at radius 2 is 2.16 bits per heavy atom. The monoisotopic (exact) mass is 270 g/mol. The second kappa shape index (κ2) is 6.23. The first-order valence-electron chi connectivity index (χ1n) is 6.97. The molecular formula is C13H22N2O4. The van der Waals surface area contributed by atoms with Gasteiger partial charge in [0.05, 0.1) is 12.5 Å². The molecule has 6 nitrogen and oxygen atoms in total. The lowest BCUT2D eigenvalue weighted by molar-refractivity contribution is -0.137. The molecule has 1 N–H and O–H groups in total. The molecule has 1 heterocycles. The van der Waals surface area contributed by atoms with E-state index in [-0.39, 0.29) is 24.6 Å². The number of carbonyl (C=O) groups is 2. The van der Waals surface area contributed by atoms with E-state index in [1.54, 1.807) is 9.80 Å². The number of aliphatic carboxylic acids is 1. The van der Waals surface area contributed by atoms with Crippen molar-refractivity contribution in [3.63, 3.8) is 0 Å². The maximum absolute atomic E-state index is 12.5. The molecule has 1 unspecified atom stereocenters. The minimum atomic E-state index is -0.856. The summed E-state index contributed by atoms with van der Waals surface area (Å²) in [6, 6.07) is 0.215. The highest BCUT2D eigenvalue weighted by Gasteiger charge is 2.35. The van der Waals surface area contributed by atoms with E-state index in [9.17, 15) is 9.59 Å². The van der Waals surface area contributed by atoms with E-state index in [0.29, 0.717) is 26.2 Å². The van der Waals surface area contributed by atoms with E-state index in [0.717, 1.165) is 19.3 Å². The van der Waals surface area contributed by atoms with Gasteiger partial charge in [-0.2, -0.15) is 0 Å². The average Bonchev–Trinajstić information content (AvgIpc) is 3.16. The summed E-state index contributed by atoms with van der Waals surface area (Å²) >= 11 is 0. The molecule has 0 spiro atoms. The van der Waals surface area contributed by atoms with Crippen LogP contribution in [0.1, 0.15) is 32.6 Å². The maximum atomic E-state index is 12.5. The average molecular weight is 270 g/mol. The third kappa shape index (κ3) is 4.09. The van der Waals surface area contributed by atoms with Gasteiger partial charge in [-0.25, -0.2) is 4.79 Å². The second-order valence-electron chi connectivity index (χ2n) is 5.33. The highest BCUT2D eigenvalue weighted by atomic mass is 16.5. The summed E-state index contributed by atoms with van der Waals surface area (Å²) in [6.45, 7) is 4.24. The van der Waals surface area contributed by atoms with Crippen LogP contribution >= 0.6 is 0 Å². The first-order chi connectivity index (χ1) is 9.08. The van der Waals surface area contributed by atoms with Crippen LogP contribution < -0.4 is 0 Å². The molecule has 108 valence electrons. The van der Waals surface area contributed by atoms with E-state index in [4.69, 9.17) is 9.84 Å². The Morgan fingerprint density at radius 3 is 2.79 bits per heavy atom. The van der Waals surface area contributed by atoms with Crippen molar-refractivity contribution in [3.05, 3.63) is 0 Å². The topological polar surface area (TPSA) is 70.1 Å². The smallest absolute Gasteiger partial charge is 0.320 e. The number of ether oxygens (including phenoxy) is 1. The van der Waals surface area contributed by atoms with Crippen molar-refractivity contribution < 1.29 is 19.4 Å². The Morgan fingerprint density at radius 1 is 1.42 bits per heavy atom. The first-order valence-corrected chi connectivity index (χ1v) is 6.97. The lowest BCUT2D eigenvalue weighted by atomic mass is 10.3. The molecule has 2 amide bonds. The van der Waals surface area contributed by atoms with E-state index in [1.807, 2.05) is 6.92 Å². The third-order valence-corrected chi connectivity index (χ3v) is 3.52. The van der Waals surface area contributed by atoms with Crippen molar-refractivity contribution in [2.75, 3.05) is 26.2 Å². The van der Waals surface area contributed by atoms with Crippen molar-refractivity contribution in [2.45, 2.75) is 44.8 Å². The van der Waals surface area contributed by atoms with Crippen molar-refractivity contribution in [3.8, 4) is 0 Å². The van der Waals surface area contributed by atoms with Crippen LogP contribution in [0.25, 0.3) is 0 Å².